The van der Waals surface area contributed by atoms with Crippen LogP contribution in [0.4, 0.5) is 0 Å². The zero-order chi connectivity index (χ0) is 21.6. The number of ether oxygens (including phenoxy) is 3. The van der Waals surface area contributed by atoms with E-state index in [1.165, 1.54) is 27.4 Å². The summed E-state index contributed by atoms with van der Waals surface area (Å²) in [5, 5.41) is 5.28. The Kier molecular flexibility index (Phi) is 5.27. The Morgan fingerprint density at radius 3 is 2.40 bits per heavy atom. The third-order valence-corrected chi connectivity index (χ3v) is 6.13. The van der Waals surface area contributed by atoms with Gasteiger partial charge in [-0.2, -0.15) is 10.1 Å². The second-order valence-electron chi connectivity index (χ2n) is 7.55. The van der Waals surface area contributed by atoms with Gasteiger partial charge in [0.2, 0.25) is 0 Å². The molecule has 1 aromatic rings. The van der Waals surface area contributed by atoms with Gasteiger partial charge in [-0.05, 0) is 42.9 Å². The molecule has 5 atom stereocenters. The van der Waals surface area contributed by atoms with Crippen LogP contribution in [0.5, 0.6) is 11.5 Å². The van der Waals surface area contributed by atoms with Gasteiger partial charge in [-0.3, -0.25) is 9.59 Å². The first-order valence-corrected chi connectivity index (χ1v) is 9.95. The second-order valence-corrected chi connectivity index (χ2v) is 7.96. The minimum atomic E-state index is -0.885. The van der Waals surface area contributed by atoms with E-state index in [4.69, 9.17) is 21.1 Å². The van der Waals surface area contributed by atoms with Crippen LogP contribution in [0.2, 0.25) is 5.02 Å². The van der Waals surface area contributed by atoms with Crippen LogP contribution in [-0.4, -0.2) is 49.3 Å². The summed E-state index contributed by atoms with van der Waals surface area (Å²) in [6.07, 6.45) is 5.42. The normalized spacial score (nSPS) is 27.7. The summed E-state index contributed by atoms with van der Waals surface area (Å²) in [4.78, 5) is 37.0. The number of rotatable bonds is 6. The Labute approximate surface area is 178 Å². The molecule has 2 bridgehead atoms. The largest absolute Gasteiger partial charge is 0.493 e. The topological polar surface area (TPSA) is 94.5 Å². The minimum Gasteiger partial charge on any atom is -0.493 e. The van der Waals surface area contributed by atoms with Gasteiger partial charge < -0.3 is 14.2 Å². The molecule has 1 heterocycles. The van der Waals surface area contributed by atoms with Gasteiger partial charge in [-0.1, -0.05) is 23.8 Å². The van der Waals surface area contributed by atoms with E-state index in [0.29, 0.717) is 5.56 Å². The quantitative estimate of drug-likeness (QED) is 0.296. The molecule has 8 nitrogen and oxygen atoms in total. The van der Waals surface area contributed by atoms with Crippen molar-refractivity contribution < 1.29 is 28.6 Å². The summed E-state index contributed by atoms with van der Waals surface area (Å²) in [6, 6.07) is 3.13. The molecule has 0 radical (unpaired) electrons. The van der Waals surface area contributed by atoms with Crippen molar-refractivity contribution in [1.29, 1.82) is 0 Å². The lowest BCUT2D eigenvalue weighted by Gasteiger charge is -2.17. The Balaban J connectivity index is 1.54. The number of benzene rings is 1. The van der Waals surface area contributed by atoms with E-state index in [1.807, 2.05) is 12.2 Å². The maximum absolute atomic E-state index is 12.7. The van der Waals surface area contributed by atoms with Crippen molar-refractivity contribution in [3.63, 3.8) is 0 Å². The molecule has 2 fully saturated rings. The van der Waals surface area contributed by atoms with Crippen molar-refractivity contribution in [2.24, 2.45) is 28.8 Å². The molecule has 1 aliphatic heterocycles. The van der Waals surface area contributed by atoms with Gasteiger partial charge in [-0.15, -0.1) is 0 Å². The highest BCUT2D eigenvalue weighted by molar-refractivity contribution is 6.32. The predicted octanol–water partition coefficient (Wildman–Crippen LogP) is 2.43. The number of amides is 2. The van der Waals surface area contributed by atoms with Gasteiger partial charge in [0.25, 0.3) is 11.8 Å². The number of imide groups is 1. The molecule has 1 aromatic carbocycles. The number of halogens is 1. The van der Waals surface area contributed by atoms with Gasteiger partial charge >= 0.3 is 5.97 Å². The number of methoxy groups -OCH3 is 2. The van der Waals surface area contributed by atoms with E-state index in [9.17, 15) is 14.4 Å². The van der Waals surface area contributed by atoms with Crippen LogP contribution in [-0.2, 0) is 19.1 Å². The molecular formula is C21H21ClN2O6. The molecule has 0 aromatic heterocycles. The van der Waals surface area contributed by atoms with Crippen molar-refractivity contribution in [3.05, 3.63) is 34.9 Å². The summed E-state index contributed by atoms with van der Waals surface area (Å²) in [5.41, 5.74) is 0.508. The molecule has 1 saturated carbocycles. The number of hydrogen-bond donors (Lipinski definition) is 0. The Morgan fingerprint density at radius 2 is 1.83 bits per heavy atom. The summed E-state index contributed by atoms with van der Waals surface area (Å²) < 4.78 is 15.5. The fraction of sp³-hybridized carbons (Fsp3) is 0.429. The standard InChI is InChI=1S/C21H21ClN2O6/c1-10(21(27)29-3)30-18-14(22)6-11(7-15(18)28-2)9-23-24-19(25)16-12-4-5-13(8-12)17(16)20(24)26/h4-7,9-10,12-13,16-17H,8H2,1-3H3/t10-,12-,13-,16-,17+/m0/s1. The van der Waals surface area contributed by atoms with Gasteiger partial charge in [0.05, 0.1) is 37.3 Å². The lowest BCUT2D eigenvalue weighted by atomic mass is 9.85. The number of allylic oxidation sites excluding steroid dienone is 2. The van der Waals surface area contributed by atoms with Gasteiger partial charge in [0.15, 0.2) is 17.6 Å². The Hall–Kier alpha value is -2.87. The predicted molar refractivity (Wildman–Crippen MR) is 107 cm³/mol. The average molecular weight is 433 g/mol. The first kappa shape index (κ1) is 20.4. The lowest BCUT2D eigenvalue weighted by molar-refractivity contribution is -0.148. The van der Waals surface area contributed by atoms with Crippen LogP contribution in [0.1, 0.15) is 18.9 Å². The fourth-order valence-electron chi connectivity index (χ4n) is 4.44. The number of carbonyl (C=O) groups excluding carboxylic acids is 3. The van der Waals surface area contributed by atoms with Crippen molar-refractivity contribution in [2.75, 3.05) is 14.2 Å². The highest BCUT2D eigenvalue weighted by Gasteiger charge is 2.59. The van der Waals surface area contributed by atoms with Gasteiger partial charge in [-0.25, -0.2) is 4.79 Å². The number of hydrogen-bond acceptors (Lipinski definition) is 7. The summed E-state index contributed by atoms with van der Waals surface area (Å²) in [5.74, 6) is -0.988. The first-order chi connectivity index (χ1) is 14.3. The third-order valence-electron chi connectivity index (χ3n) is 5.85. The van der Waals surface area contributed by atoms with E-state index in [0.717, 1.165) is 11.4 Å². The average Bonchev–Trinajstić information content (AvgIpc) is 3.41. The highest BCUT2D eigenvalue weighted by atomic mass is 35.5. The van der Waals surface area contributed by atoms with Crippen LogP contribution in [0.3, 0.4) is 0 Å². The van der Waals surface area contributed by atoms with E-state index < -0.39 is 12.1 Å². The summed E-state index contributed by atoms with van der Waals surface area (Å²) >= 11 is 6.31. The number of esters is 1. The first-order valence-electron chi connectivity index (χ1n) is 9.57. The second kappa shape index (κ2) is 7.75. The van der Waals surface area contributed by atoms with Gasteiger partial charge in [0, 0.05) is 0 Å². The highest BCUT2D eigenvalue weighted by Crippen LogP contribution is 2.52. The van der Waals surface area contributed by atoms with Crippen LogP contribution in [0.15, 0.2) is 29.4 Å². The molecule has 158 valence electrons. The molecule has 1 saturated heterocycles. The third kappa shape index (κ3) is 3.25. The van der Waals surface area contributed by atoms with E-state index in [-0.39, 0.29) is 52.0 Å². The van der Waals surface area contributed by atoms with E-state index in [1.54, 1.807) is 12.1 Å². The van der Waals surface area contributed by atoms with Crippen LogP contribution >= 0.6 is 11.6 Å². The van der Waals surface area contributed by atoms with E-state index >= 15 is 0 Å². The van der Waals surface area contributed by atoms with Crippen molar-refractivity contribution in [2.45, 2.75) is 19.4 Å². The number of carbonyl (C=O) groups is 3. The zero-order valence-electron chi connectivity index (χ0n) is 16.7. The monoisotopic (exact) mass is 432 g/mol. The van der Waals surface area contributed by atoms with Crippen molar-refractivity contribution in [3.8, 4) is 11.5 Å². The van der Waals surface area contributed by atoms with Crippen molar-refractivity contribution >= 4 is 35.6 Å². The minimum absolute atomic E-state index is 0.124. The van der Waals surface area contributed by atoms with Gasteiger partial charge in [0.1, 0.15) is 0 Å². The Bertz CT molecular complexity index is 944. The molecule has 3 aliphatic rings. The molecule has 2 amide bonds. The summed E-state index contributed by atoms with van der Waals surface area (Å²) in [7, 11) is 2.69. The smallest absolute Gasteiger partial charge is 0.346 e. The molecule has 9 heteroatoms. The molecule has 2 aliphatic carbocycles. The Morgan fingerprint density at radius 1 is 1.20 bits per heavy atom. The SMILES string of the molecule is COC(=O)[C@H](C)Oc1c(Cl)cc(C=NN2C(=O)[C@@H]3[C@H](C2=O)[C@H]2C=C[C@H]3C2)cc1OC. The number of nitrogens with zero attached hydrogens (tertiary/aromatic N) is 2. The summed E-state index contributed by atoms with van der Waals surface area (Å²) in [6.45, 7) is 1.53. The lowest BCUT2D eigenvalue weighted by Crippen LogP contribution is -2.28. The van der Waals surface area contributed by atoms with Crippen molar-refractivity contribution in [1.82, 2.24) is 5.01 Å². The van der Waals surface area contributed by atoms with Crippen LogP contribution < -0.4 is 9.47 Å². The molecule has 0 unspecified atom stereocenters. The number of hydrazone groups is 1. The number of fused-ring (bicyclic) bond motifs is 5. The molecule has 30 heavy (non-hydrogen) atoms. The maximum Gasteiger partial charge on any atom is 0.346 e. The van der Waals surface area contributed by atoms with Crippen LogP contribution in [0, 0.1) is 23.7 Å². The zero-order valence-corrected chi connectivity index (χ0v) is 17.5. The molecule has 4 rings (SSSR count). The van der Waals surface area contributed by atoms with E-state index in [2.05, 4.69) is 9.84 Å². The molecule has 0 spiro atoms. The molecule has 0 N–H and O–H groups in total. The van der Waals surface area contributed by atoms with Crippen LogP contribution in [0.25, 0.3) is 0 Å². The maximum atomic E-state index is 12.7. The molecular weight excluding hydrogens is 412 g/mol. The fourth-order valence-corrected chi connectivity index (χ4v) is 4.71.